The third-order valence-corrected chi connectivity index (χ3v) is 3.37. The second-order valence-electron chi connectivity index (χ2n) is 3.48. The minimum Gasteiger partial charge on any atom is -0.508 e. The number of hydrogen-bond donors (Lipinski definition) is 3. The van der Waals surface area contributed by atoms with Crippen LogP contribution in [0.5, 0.6) is 11.5 Å². The average molecular weight is 245 g/mol. The molecule has 5 nitrogen and oxygen atoms in total. The van der Waals surface area contributed by atoms with Gasteiger partial charge in [0.2, 0.25) is 10.0 Å². The number of sulfonamides is 1. The maximum absolute atomic E-state index is 11.5. The topological polar surface area (TPSA) is 86.6 Å². The lowest BCUT2D eigenvalue weighted by molar-refractivity contribution is 0.452. The molecule has 0 unspecified atom stereocenters. The number of hydrogen-bond acceptors (Lipinski definition) is 4. The molecule has 0 aliphatic carbocycles. The smallest absolute Gasteiger partial charge is 0.232 e. The van der Waals surface area contributed by atoms with Gasteiger partial charge < -0.3 is 10.2 Å². The van der Waals surface area contributed by atoms with Crippen molar-refractivity contribution in [3.05, 3.63) is 18.2 Å². The summed E-state index contributed by atoms with van der Waals surface area (Å²) in [5.41, 5.74) is 0.0777. The van der Waals surface area contributed by atoms with Crippen LogP contribution in [0, 0.1) is 0 Å². The van der Waals surface area contributed by atoms with Crippen molar-refractivity contribution < 1.29 is 18.6 Å². The second-order valence-corrected chi connectivity index (χ2v) is 5.32. The van der Waals surface area contributed by atoms with E-state index in [0.717, 1.165) is 12.5 Å². The van der Waals surface area contributed by atoms with Gasteiger partial charge in [0, 0.05) is 6.07 Å². The molecule has 1 aromatic rings. The zero-order valence-electron chi connectivity index (χ0n) is 8.97. The molecule has 90 valence electrons. The van der Waals surface area contributed by atoms with E-state index in [0.29, 0.717) is 6.42 Å². The Hall–Kier alpha value is -1.43. The molecule has 1 rings (SSSR count). The summed E-state index contributed by atoms with van der Waals surface area (Å²) >= 11 is 0. The van der Waals surface area contributed by atoms with Gasteiger partial charge >= 0.3 is 0 Å². The number of phenolic OH excluding ortho intramolecular Hbond substituents is 2. The van der Waals surface area contributed by atoms with Crippen molar-refractivity contribution in [1.29, 1.82) is 0 Å². The van der Waals surface area contributed by atoms with E-state index >= 15 is 0 Å². The SMILES string of the molecule is CCCCS(=O)(=O)Nc1ccc(O)cc1O. The van der Waals surface area contributed by atoms with E-state index in [9.17, 15) is 13.5 Å². The van der Waals surface area contributed by atoms with E-state index in [1.165, 1.54) is 12.1 Å². The maximum atomic E-state index is 11.5. The molecule has 1 aromatic carbocycles. The normalized spacial score (nSPS) is 11.3. The Kier molecular flexibility index (Phi) is 4.00. The van der Waals surface area contributed by atoms with Gasteiger partial charge in [-0.3, -0.25) is 4.72 Å². The van der Waals surface area contributed by atoms with Crippen LogP contribution in [-0.2, 0) is 10.0 Å². The van der Waals surface area contributed by atoms with E-state index < -0.39 is 10.0 Å². The summed E-state index contributed by atoms with van der Waals surface area (Å²) in [6.45, 7) is 1.90. The van der Waals surface area contributed by atoms with Gasteiger partial charge in [0.25, 0.3) is 0 Å². The number of nitrogens with one attached hydrogen (secondary N) is 1. The van der Waals surface area contributed by atoms with E-state index in [-0.39, 0.29) is 22.9 Å². The highest BCUT2D eigenvalue weighted by Gasteiger charge is 2.12. The summed E-state index contributed by atoms with van der Waals surface area (Å²) < 4.78 is 25.3. The van der Waals surface area contributed by atoms with Gasteiger partial charge in [-0.25, -0.2) is 8.42 Å². The molecule has 0 fully saturated rings. The molecule has 0 saturated carbocycles. The quantitative estimate of drug-likeness (QED) is 0.543. The summed E-state index contributed by atoms with van der Waals surface area (Å²) in [4.78, 5) is 0. The third kappa shape index (κ3) is 3.62. The van der Waals surface area contributed by atoms with Gasteiger partial charge in [0.15, 0.2) is 0 Å². The first-order valence-electron chi connectivity index (χ1n) is 4.97. The molecule has 0 heterocycles. The molecule has 0 saturated heterocycles. The second kappa shape index (κ2) is 5.07. The molecule has 0 amide bonds. The molecule has 0 atom stereocenters. The first-order chi connectivity index (χ1) is 7.44. The Morgan fingerprint density at radius 3 is 2.56 bits per heavy atom. The van der Waals surface area contributed by atoms with E-state index in [1.54, 1.807) is 0 Å². The molecule has 0 aromatic heterocycles. The van der Waals surface area contributed by atoms with Crippen LogP contribution in [0.25, 0.3) is 0 Å². The number of unbranched alkanes of at least 4 members (excludes halogenated alkanes) is 1. The highest BCUT2D eigenvalue weighted by molar-refractivity contribution is 7.92. The van der Waals surface area contributed by atoms with Crippen LogP contribution in [0.4, 0.5) is 5.69 Å². The minimum atomic E-state index is -3.42. The Morgan fingerprint density at radius 2 is 2.00 bits per heavy atom. The standard InChI is InChI=1S/C10H15NO4S/c1-2-3-6-16(14,15)11-9-5-4-8(12)7-10(9)13/h4-5,7,11-13H,2-3,6H2,1H3. The fourth-order valence-corrected chi connectivity index (χ4v) is 2.44. The monoisotopic (exact) mass is 245 g/mol. The van der Waals surface area contributed by atoms with Crippen molar-refractivity contribution in [3.8, 4) is 11.5 Å². The third-order valence-electron chi connectivity index (χ3n) is 2.01. The van der Waals surface area contributed by atoms with Crippen LogP contribution < -0.4 is 4.72 Å². The molecule has 0 aliphatic rings. The van der Waals surface area contributed by atoms with Gasteiger partial charge in [-0.1, -0.05) is 13.3 Å². The van der Waals surface area contributed by atoms with Crippen molar-refractivity contribution in [2.24, 2.45) is 0 Å². The van der Waals surface area contributed by atoms with E-state index in [4.69, 9.17) is 5.11 Å². The van der Waals surface area contributed by atoms with Crippen molar-refractivity contribution in [2.75, 3.05) is 10.5 Å². The Bertz CT molecular complexity index is 456. The fraction of sp³-hybridized carbons (Fsp3) is 0.400. The zero-order chi connectivity index (χ0) is 12.2. The Labute approximate surface area is 94.8 Å². The van der Waals surface area contributed by atoms with Gasteiger partial charge in [-0.2, -0.15) is 0 Å². The van der Waals surface area contributed by atoms with Crippen LogP contribution in [0.1, 0.15) is 19.8 Å². The number of rotatable bonds is 5. The lowest BCUT2D eigenvalue weighted by atomic mass is 10.3. The van der Waals surface area contributed by atoms with Crippen LogP contribution >= 0.6 is 0 Å². The molecular formula is C10H15NO4S. The number of benzene rings is 1. The van der Waals surface area contributed by atoms with Gasteiger partial charge in [0.05, 0.1) is 11.4 Å². The summed E-state index contributed by atoms with van der Waals surface area (Å²) in [5, 5.41) is 18.4. The number of phenols is 2. The number of anilines is 1. The van der Waals surface area contributed by atoms with Crippen LogP contribution in [-0.4, -0.2) is 24.4 Å². The largest absolute Gasteiger partial charge is 0.508 e. The van der Waals surface area contributed by atoms with Crippen molar-refractivity contribution in [2.45, 2.75) is 19.8 Å². The molecule has 6 heteroatoms. The highest BCUT2D eigenvalue weighted by atomic mass is 32.2. The van der Waals surface area contributed by atoms with Crippen molar-refractivity contribution in [1.82, 2.24) is 0 Å². The maximum Gasteiger partial charge on any atom is 0.232 e. The predicted octanol–water partition coefficient (Wildman–Crippen LogP) is 1.64. The lowest BCUT2D eigenvalue weighted by Gasteiger charge is -2.09. The average Bonchev–Trinajstić information content (AvgIpc) is 2.19. The fourth-order valence-electron chi connectivity index (χ4n) is 1.16. The van der Waals surface area contributed by atoms with E-state index in [1.807, 2.05) is 6.92 Å². The molecule has 16 heavy (non-hydrogen) atoms. The first-order valence-corrected chi connectivity index (χ1v) is 6.62. The molecule has 0 spiro atoms. The van der Waals surface area contributed by atoms with Gasteiger partial charge in [0.1, 0.15) is 11.5 Å². The molecule has 0 radical (unpaired) electrons. The van der Waals surface area contributed by atoms with Crippen molar-refractivity contribution >= 4 is 15.7 Å². The summed E-state index contributed by atoms with van der Waals surface area (Å²) in [6.07, 6.45) is 1.34. The van der Waals surface area contributed by atoms with E-state index in [2.05, 4.69) is 4.72 Å². The molecular weight excluding hydrogens is 230 g/mol. The van der Waals surface area contributed by atoms with Crippen LogP contribution in [0.15, 0.2) is 18.2 Å². The number of aromatic hydroxyl groups is 2. The van der Waals surface area contributed by atoms with Gasteiger partial charge in [-0.05, 0) is 18.6 Å². The Morgan fingerprint density at radius 1 is 1.31 bits per heavy atom. The molecule has 3 N–H and O–H groups in total. The van der Waals surface area contributed by atoms with Crippen LogP contribution in [0.2, 0.25) is 0 Å². The lowest BCUT2D eigenvalue weighted by Crippen LogP contribution is -2.16. The molecule has 0 aliphatic heterocycles. The minimum absolute atomic E-state index is 0.0177. The molecule has 0 bridgehead atoms. The van der Waals surface area contributed by atoms with Crippen molar-refractivity contribution in [3.63, 3.8) is 0 Å². The van der Waals surface area contributed by atoms with Crippen LogP contribution in [0.3, 0.4) is 0 Å². The first kappa shape index (κ1) is 12.6. The Balaban J connectivity index is 2.80. The summed E-state index contributed by atoms with van der Waals surface area (Å²) in [7, 11) is -3.42. The van der Waals surface area contributed by atoms with Gasteiger partial charge in [-0.15, -0.1) is 0 Å². The summed E-state index contributed by atoms with van der Waals surface area (Å²) in [6, 6.07) is 3.70. The predicted molar refractivity (Wildman–Crippen MR) is 62.1 cm³/mol. The highest BCUT2D eigenvalue weighted by Crippen LogP contribution is 2.28. The summed E-state index contributed by atoms with van der Waals surface area (Å²) in [5.74, 6) is -0.391. The zero-order valence-corrected chi connectivity index (χ0v) is 9.79.